The first kappa shape index (κ1) is 22.3. The van der Waals surface area contributed by atoms with Crippen molar-refractivity contribution < 1.29 is 18.4 Å². The predicted octanol–water partition coefficient (Wildman–Crippen LogP) is 4.50. The lowest BCUT2D eigenvalue weighted by Crippen LogP contribution is -2.24. The average molecular weight is 471 g/mol. The van der Waals surface area contributed by atoms with Crippen molar-refractivity contribution in [1.82, 2.24) is 14.5 Å². The molecule has 8 nitrogen and oxygen atoms in total. The molecule has 2 heterocycles. The molecular weight excluding hydrogens is 451 g/mol. The minimum atomic E-state index is -0.640. The number of amides is 1. The van der Waals surface area contributed by atoms with Crippen molar-refractivity contribution in [3.63, 3.8) is 0 Å². The number of benzene rings is 2. The second-order valence-corrected chi connectivity index (χ2v) is 7.74. The van der Waals surface area contributed by atoms with Gasteiger partial charge in [-0.15, -0.1) is 0 Å². The topological polar surface area (TPSA) is 91.3 Å². The Morgan fingerprint density at radius 1 is 1.21 bits per heavy atom. The number of methoxy groups -OCH3 is 1. The molecule has 0 aliphatic rings. The summed E-state index contributed by atoms with van der Waals surface area (Å²) in [5.41, 5.74) is 0.933. The molecule has 33 heavy (non-hydrogen) atoms. The number of para-hydroxylation sites is 1. The number of aromatic nitrogens is 3. The SMILES string of the molecule is COc1ccc(-c2onc(C(=O)Nc3c(C)n(C)n(-c4ccccc4F)c3=O)c2C)c(Cl)c1. The van der Waals surface area contributed by atoms with E-state index in [-0.39, 0.29) is 17.1 Å². The van der Waals surface area contributed by atoms with E-state index in [4.69, 9.17) is 20.9 Å². The van der Waals surface area contributed by atoms with Gasteiger partial charge in [0.1, 0.15) is 22.9 Å². The van der Waals surface area contributed by atoms with Crippen LogP contribution in [0.1, 0.15) is 21.7 Å². The van der Waals surface area contributed by atoms with E-state index in [0.717, 1.165) is 4.68 Å². The Morgan fingerprint density at radius 3 is 2.61 bits per heavy atom. The summed E-state index contributed by atoms with van der Waals surface area (Å²) >= 11 is 6.32. The molecule has 0 fully saturated rings. The van der Waals surface area contributed by atoms with Crippen LogP contribution in [0.3, 0.4) is 0 Å². The van der Waals surface area contributed by atoms with E-state index in [1.807, 2.05) is 0 Å². The van der Waals surface area contributed by atoms with E-state index < -0.39 is 17.3 Å². The molecule has 1 amide bonds. The van der Waals surface area contributed by atoms with Gasteiger partial charge < -0.3 is 14.6 Å². The Bertz CT molecular complexity index is 1440. The normalized spacial score (nSPS) is 11.0. The Hall–Kier alpha value is -3.85. The zero-order valence-corrected chi connectivity index (χ0v) is 19.0. The Labute approximate surface area is 193 Å². The predicted molar refractivity (Wildman–Crippen MR) is 122 cm³/mol. The van der Waals surface area contributed by atoms with E-state index in [2.05, 4.69) is 10.5 Å². The number of hydrogen-bond acceptors (Lipinski definition) is 5. The van der Waals surface area contributed by atoms with Gasteiger partial charge in [0.25, 0.3) is 11.5 Å². The summed E-state index contributed by atoms with van der Waals surface area (Å²) in [6, 6.07) is 10.9. The third-order valence-corrected chi connectivity index (χ3v) is 5.75. The lowest BCUT2D eigenvalue weighted by atomic mass is 10.1. The van der Waals surface area contributed by atoms with E-state index in [1.54, 1.807) is 45.2 Å². The number of halogens is 2. The van der Waals surface area contributed by atoms with Crippen LogP contribution >= 0.6 is 11.6 Å². The monoisotopic (exact) mass is 470 g/mol. The maximum atomic E-state index is 14.3. The first-order valence-corrected chi connectivity index (χ1v) is 10.3. The highest BCUT2D eigenvalue weighted by atomic mass is 35.5. The summed E-state index contributed by atoms with van der Waals surface area (Å²) in [5.74, 6) is -0.309. The molecule has 0 aliphatic carbocycles. The van der Waals surface area contributed by atoms with Gasteiger partial charge >= 0.3 is 0 Å². The average Bonchev–Trinajstić information content (AvgIpc) is 3.27. The van der Waals surface area contributed by atoms with Crippen LogP contribution in [0.5, 0.6) is 5.75 Å². The van der Waals surface area contributed by atoms with E-state index in [1.165, 1.54) is 30.0 Å². The van der Waals surface area contributed by atoms with Gasteiger partial charge in [-0.2, -0.15) is 0 Å². The minimum absolute atomic E-state index is 0.00280. The summed E-state index contributed by atoms with van der Waals surface area (Å²) in [6.07, 6.45) is 0. The number of anilines is 1. The minimum Gasteiger partial charge on any atom is -0.497 e. The molecule has 10 heteroatoms. The summed E-state index contributed by atoms with van der Waals surface area (Å²) in [4.78, 5) is 26.0. The lowest BCUT2D eigenvalue weighted by molar-refractivity contribution is 0.101. The lowest BCUT2D eigenvalue weighted by Gasteiger charge is -2.08. The second-order valence-electron chi connectivity index (χ2n) is 7.34. The van der Waals surface area contributed by atoms with Crippen molar-refractivity contribution in [1.29, 1.82) is 0 Å². The number of hydrogen-bond donors (Lipinski definition) is 1. The number of nitrogens with zero attached hydrogens (tertiary/aromatic N) is 3. The fourth-order valence-electron chi connectivity index (χ4n) is 3.53. The van der Waals surface area contributed by atoms with Crippen LogP contribution in [-0.4, -0.2) is 27.5 Å². The molecule has 0 unspecified atom stereocenters. The Kier molecular flexibility index (Phi) is 5.82. The third kappa shape index (κ3) is 3.80. The van der Waals surface area contributed by atoms with Crippen molar-refractivity contribution >= 4 is 23.2 Å². The molecule has 1 N–H and O–H groups in total. The first-order valence-electron chi connectivity index (χ1n) is 9.89. The van der Waals surface area contributed by atoms with E-state index in [0.29, 0.717) is 33.4 Å². The number of carbonyl (C=O) groups excluding carboxylic acids is 1. The number of nitrogens with one attached hydrogen (secondary N) is 1. The van der Waals surface area contributed by atoms with Gasteiger partial charge in [-0.25, -0.2) is 9.07 Å². The van der Waals surface area contributed by atoms with Gasteiger partial charge in [0, 0.05) is 18.2 Å². The first-order chi connectivity index (χ1) is 15.7. The number of ether oxygens (including phenoxy) is 1. The van der Waals surface area contributed by atoms with Crippen LogP contribution in [0, 0.1) is 19.7 Å². The van der Waals surface area contributed by atoms with Gasteiger partial charge in [-0.1, -0.05) is 28.9 Å². The van der Waals surface area contributed by atoms with Gasteiger partial charge in [-0.3, -0.25) is 14.3 Å². The molecule has 4 rings (SSSR count). The molecule has 4 aromatic rings. The molecule has 0 aliphatic heterocycles. The van der Waals surface area contributed by atoms with Crippen molar-refractivity contribution in [2.75, 3.05) is 12.4 Å². The molecule has 0 bridgehead atoms. The molecule has 0 saturated carbocycles. The standard InChI is InChI=1S/C23H20ClFN4O4/c1-12-19(27-33-21(12)15-10-9-14(32-4)11-16(15)24)22(30)26-20-13(2)28(3)29(23(20)31)18-8-6-5-7-17(18)25/h5-11H,1-4H3,(H,26,30). The molecular formula is C23H20ClFN4O4. The molecule has 0 spiro atoms. The van der Waals surface area contributed by atoms with Crippen LogP contribution in [0.2, 0.25) is 5.02 Å². The molecule has 2 aromatic carbocycles. The van der Waals surface area contributed by atoms with Crippen LogP contribution < -0.4 is 15.6 Å². The third-order valence-electron chi connectivity index (χ3n) is 5.43. The fraction of sp³-hybridized carbons (Fsp3) is 0.174. The van der Waals surface area contributed by atoms with Crippen LogP contribution in [0.15, 0.2) is 51.8 Å². The van der Waals surface area contributed by atoms with E-state index in [9.17, 15) is 14.0 Å². The number of rotatable bonds is 5. The molecule has 0 saturated heterocycles. The smallest absolute Gasteiger partial charge is 0.295 e. The largest absolute Gasteiger partial charge is 0.497 e. The zero-order valence-electron chi connectivity index (χ0n) is 18.3. The van der Waals surface area contributed by atoms with E-state index >= 15 is 0 Å². The number of carbonyl (C=O) groups is 1. The van der Waals surface area contributed by atoms with Crippen LogP contribution in [0.4, 0.5) is 10.1 Å². The molecule has 2 aromatic heterocycles. The zero-order chi connectivity index (χ0) is 23.9. The Morgan fingerprint density at radius 2 is 1.94 bits per heavy atom. The fourth-order valence-corrected chi connectivity index (χ4v) is 3.78. The highest BCUT2D eigenvalue weighted by Gasteiger charge is 2.25. The second kappa shape index (κ2) is 8.59. The maximum Gasteiger partial charge on any atom is 0.295 e. The van der Waals surface area contributed by atoms with Crippen molar-refractivity contribution in [2.24, 2.45) is 7.05 Å². The summed E-state index contributed by atoms with van der Waals surface area (Å²) in [6.45, 7) is 3.31. The maximum absolute atomic E-state index is 14.3. The van der Waals surface area contributed by atoms with Crippen molar-refractivity contribution in [3.05, 3.63) is 80.6 Å². The summed E-state index contributed by atoms with van der Waals surface area (Å²) in [5, 5.41) is 6.84. The van der Waals surface area contributed by atoms with Crippen LogP contribution in [-0.2, 0) is 7.05 Å². The van der Waals surface area contributed by atoms with Gasteiger partial charge in [0.2, 0.25) is 0 Å². The highest BCUT2D eigenvalue weighted by molar-refractivity contribution is 6.33. The molecule has 0 radical (unpaired) electrons. The van der Waals surface area contributed by atoms with Crippen molar-refractivity contribution in [3.8, 4) is 22.8 Å². The summed E-state index contributed by atoms with van der Waals surface area (Å²) in [7, 11) is 3.13. The van der Waals surface area contributed by atoms with Crippen molar-refractivity contribution in [2.45, 2.75) is 13.8 Å². The van der Waals surface area contributed by atoms with Gasteiger partial charge in [0.15, 0.2) is 11.5 Å². The van der Waals surface area contributed by atoms with Gasteiger partial charge in [0.05, 0.1) is 17.8 Å². The Balaban J connectivity index is 1.69. The van der Waals surface area contributed by atoms with Gasteiger partial charge in [-0.05, 0) is 44.2 Å². The molecule has 0 atom stereocenters. The van der Waals surface area contributed by atoms with Crippen LogP contribution in [0.25, 0.3) is 17.0 Å². The molecule has 170 valence electrons. The summed E-state index contributed by atoms with van der Waals surface area (Å²) < 4.78 is 27.5. The quantitative estimate of drug-likeness (QED) is 0.463. The highest BCUT2D eigenvalue weighted by Crippen LogP contribution is 2.34.